The third-order valence-electron chi connectivity index (χ3n) is 3.89. The van der Waals surface area contributed by atoms with Crippen molar-refractivity contribution in [3.8, 4) is 0 Å². The molecule has 1 heterocycles. The maximum Gasteiger partial charge on any atom is 0.211 e. The normalized spacial score (nSPS) is 11.9. The summed E-state index contributed by atoms with van der Waals surface area (Å²) < 4.78 is 27.8. The Kier molecular flexibility index (Phi) is 6.24. The highest BCUT2D eigenvalue weighted by Gasteiger charge is 2.13. The molecule has 1 N–H and O–H groups in total. The molecule has 2 aromatic carbocycles. The van der Waals surface area contributed by atoms with E-state index in [1.54, 1.807) is 6.92 Å². The van der Waals surface area contributed by atoms with Gasteiger partial charge in [-0.25, -0.2) is 18.1 Å². The summed E-state index contributed by atoms with van der Waals surface area (Å²) in [7, 11) is -3.17. The van der Waals surface area contributed by atoms with Crippen LogP contribution in [-0.2, 0) is 16.6 Å². The number of benzene rings is 2. The summed E-state index contributed by atoms with van der Waals surface area (Å²) in [5.41, 5.74) is 3.02. The van der Waals surface area contributed by atoms with Crippen molar-refractivity contribution in [2.45, 2.75) is 18.6 Å². The smallest absolute Gasteiger partial charge is 0.211 e. The predicted octanol–water partition coefficient (Wildman–Crippen LogP) is 3.77. The van der Waals surface area contributed by atoms with Gasteiger partial charge in [-0.2, -0.15) is 0 Å². The number of imidazole rings is 1. The summed E-state index contributed by atoms with van der Waals surface area (Å²) in [5.74, 6) is 0.688. The van der Waals surface area contributed by atoms with E-state index in [9.17, 15) is 8.42 Å². The highest BCUT2D eigenvalue weighted by molar-refractivity contribution is 7.99. The quantitative estimate of drug-likeness (QED) is 0.454. The van der Waals surface area contributed by atoms with E-state index >= 15 is 0 Å². The number of hydrogen-bond donors (Lipinski definition) is 1. The van der Waals surface area contributed by atoms with Gasteiger partial charge in [0.25, 0.3) is 0 Å². The van der Waals surface area contributed by atoms with Crippen LogP contribution < -0.4 is 4.72 Å². The number of rotatable bonds is 8. The lowest BCUT2D eigenvalue weighted by Crippen LogP contribution is -2.27. The molecule has 0 saturated carbocycles. The summed E-state index contributed by atoms with van der Waals surface area (Å²) in [4.78, 5) is 4.69. The van der Waals surface area contributed by atoms with Crippen LogP contribution in [0.2, 0.25) is 5.02 Å². The molecule has 3 aromatic rings. The molecule has 0 unspecified atom stereocenters. The van der Waals surface area contributed by atoms with Crippen LogP contribution >= 0.6 is 23.4 Å². The summed E-state index contributed by atoms with van der Waals surface area (Å²) >= 11 is 7.63. The van der Waals surface area contributed by atoms with Crippen LogP contribution in [0.4, 0.5) is 0 Å². The number of sulfonamides is 1. The third kappa shape index (κ3) is 4.79. The highest BCUT2D eigenvalue weighted by Crippen LogP contribution is 2.27. The van der Waals surface area contributed by atoms with Crippen molar-refractivity contribution in [3.05, 3.63) is 59.1 Å². The lowest BCUT2D eigenvalue weighted by Gasteiger charge is -2.09. The fraction of sp³-hybridized carbons (Fsp3) is 0.278. The molecule has 0 bridgehead atoms. The van der Waals surface area contributed by atoms with Crippen molar-refractivity contribution < 1.29 is 8.42 Å². The standard InChI is InChI=1S/C18H20ClN3O2S2/c1-2-26(23,24)20-10-11-25-18-21-16-12-15(19)8-9-17(16)22(18)13-14-6-4-3-5-7-14/h3-9,12,20H,2,10-11,13H2,1H3. The van der Waals surface area contributed by atoms with Gasteiger partial charge in [-0.3, -0.25) is 0 Å². The van der Waals surface area contributed by atoms with Crippen molar-refractivity contribution in [1.82, 2.24) is 14.3 Å². The Balaban J connectivity index is 1.82. The molecule has 26 heavy (non-hydrogen) atoms. The van der Waals surface area contributed by atoms with Gasteiger partial charge in [0.05, 0.1) is 23.3 Å². The molecule has 1 aromatic heterocycles. The second-order valence-electron chi connectivity index (χ2n) is 5.75. The monoisotopic (exact) mass is 409 g/mol. The minimum atomic E-state index is -3.17. The Bertz CT molecular complexity index is 988. The summed E-state index contributed by atoms with van der Waals surface area (Å²) in [6.07, 6.45) is 0. The number of nitrogens with zero attached hydrogens (tertiary/aromatic N) is 2. The van der Waals surface area contributed by atoms with Crippen LogP contribution in [0, 0.1) is 0 Å². The van der Waals surface area contributed by atoms with Crippen LogP contribution in [-0.4, -0.2) is 36.0 Å². The molecule has 0 aliphatic rings. The first-order valence-corrected chi connectivity index (χ1v) is 11.3. The van der Waals surface area contributed by atoms with Crippen molar-refractivity contribution >= 4 is 44.4 Å². The molecule has 0 aliphatic carbocycles. The summed E-state index contributed by atoms with van der Waals surface area (Å²) in [6.45, 7) is 2.69. The molecule has 5 nitrogen and oxygen atoms in total. The Morgan fingerprint density at radius 3 is 2.69 bits per heavy atom. The molecule has 138 valence electrons. The Morgan fingerprint density at radius 1 is 1.19 bits per heavy atom. The summed E-state index contributed by atoms with van der Waals surface area (Å²) in [5, 5.41) is 1.50. The first-order valence-electron chi connectivity index (χ1n) is 8.28. The lowest BCUT2D eigenvalue weighted by atomic mass is 10.2. The molecule has 0 fully saturated rings. The van der Waals surface area contributed by atoms with Gasteiger partial charge in [-0.1, -0.05) is 53.7 Å². The number of thioether (sulfide) groups is 1. The van der Waals surface area contributed by atoms with Gasteiger partial charge >= 0.3 is 0 Å². The fourth-order valence-electron chi connectivity index (χ4n) is 2.55. The molecular formula is C18H20ClN3O2S2. The minimum absolute atomic E-state index is 0.0860. The Hall–Kier alpha value is -1.54. The van der Waals surface area contributed by atoms with E-state index in [2.05, 4.69) is 26.4 Å². The topological polar surface area (TPSA) is 64.0 Å². The van der Waals surface area contributed by atoms with Gasteiger partial charge in [0.1, 0.15) is 0 Å². The first-order chi connectivity index (χ1) is 12.5. The number of aromatic nitrogens is 2. The maximum absolute atomic E-state index is 11.5. The fourth-order valence-corrected chi connectivity index (χ4v) is 4.33. The Labute approximate surface area is 162 Å². The Morgan fingerprint density at radius 2 is 1.96 bits per heavy atom. The molecule has 0 amide bonds. The highest BCUT2D eigenvalue weighted by atomic mass is 35.5. The third-order valence-corrected chi connectivity index (χ3v) is 6.51. The van der Waals surface area contributed by atoms with Crippen LogP contribution in [0.15, 0.2) is 53.7 Å². The van der Waals surface area contributed by atoms with Gasteiger partial charge < -0.3 is 4.57 Å². The van der Waals surface area contributed by atoms with Crippen LogP contribution in [0.25, 0.3) is 11.0 Å². The molecule has 0 spiro atoms. The summed E-state index contributed by atoms with van der Waals surface area (Å²) in [6, 6.07) is 15.8. The van der Waals surface area contributed by atoms with Gasteiger partial charge in [0.15, 0.2) is 5.16 Å². The molecule has 0 radical (unpaired) electrons. The molecule has 8 heteroatoms. The second kappa shape index (κ2) is 8.43. The average Bonchev–Trinajstić information content (AvgIpc) is 2.96. The predicted molar refractivity (Wildman–Crippen MR) is 108 cm³/mol. The lowest BCUT2D eigenvalue weighted by molar-refractivity contribution is 0.585. The SMILES string of the molecule is CCS(=O)(=O)NCCSc1nc2cc(Cl)ccc2n1Cc1ccccc1. The van der Waals surface area contributed by atoms with Gasteiger partial charge in [-0.05, 0) is 30.7 Å². The zero-order valence-electron chi connectivity index (χ0n) is 14.4. The molecule has 3 rings (SSSR count). The van der Waals surface area contributed by atoms with E-state index in [-0.39, 0.29) is 5.75 Å². The zero-order valence-corrected chi connectivity index (χ0v) is 16.7. The van der Waals surface area contributed by atoms with Crippen LogP contribution in [0.3, 0.4) is 0 Å². The minimum Gasteiger partial charge on any atom is -0.314 e. The molecular weight excluding hydrogens is 390 g/mol. The van der Waals surface area contributed by atoms with Crippen molar-refractivity contribution in [2.24, 2.45) is 0 Å². The average molecular weight is 410 g/mol. The van der Waals surface area contributed by atoms with Gasteiger partial charge in [0.2, 0.25) is 10.0 Å². The van der Waals surface area contributed by atoms with Gasteiger partial charge in [-0.15, -0.1) is 0 Å². The molecule has 0 aliphatic heterocycles. The largest absolute Gasteiger partial charge is 0.314 e. The molecule has 0 atom stereocenters. The van der Waals surface area contributed by atoms with Gasteiger partial charge in [0, 0.05) is 17.3 Å². The first kappa shape index (κ1) is 19.2. The van der Waals surface area contributed by atoms with Crippen molar-refractivity contribution in [3.63, 3.8) is 0 Å². The van der Waals surface area contributed by atoms with E-state index in [0.717, 1.165) is 16.2 Å². The van der Waals surface area contributed by atoms with Crippen LogP contribution in [0.5, 0.6) is 0 Å². The zero-order chi connectivity index (χ0) is 18.6. The van der Waals surface area contributed by atoms with E-state index in [1.807, 2.05) is 36.4 Å². The number of hydrogen-bond acceptors (Lipinski definition) is 4. The molecule has 0 saturated heterocycles. The number of fused-ring (bicyclic) bond motifs is 1. The van der Waals surface area contributed by atoms with E-state index in [1.165, 1.54) is 17.3 Å². The van der Waals surface area contributed by atoms with Crippen molar-refractivity contribution in [1.29, 1.82) is 0 Å². The number of halogens is 1. The van der Waals surface area contributed by atoms with Crippen molar-refractivity contribution in [2.75, 3.05) is 18.1 Å². The van der Waals surface area contributed by atoms with E-state index in [0.29, 0.717) is 23.9 Å². The van der Waals surface area contributed by atoms with Crippen LogP contribution in [0.1, 0.15) is 12.5 Å². The maximum atomic E-state index is 11.5. The number of nitrogens with one attached hydrogen (secondary N) is 1. The second-order valence-corrected chi connectivity index (χ2v) is 9.34. The van der Waals surface area contributed by atoms with E-state index < -0.39 is 10.0 Å². The van der Waals surface area contributed by atoms with E-state index in [4.69, 9.17) is 11.6 Å².